The number of hydrogen-bond acceptors (Lipinski definition) is 4. The Bertz CT molecular complexity index is 302. The summed E-state index contributed by atoms with van der Waals surface area (Å²) in [5, 5.41) is 4.27. The van der Waals surface area contributed by atoms with Crippen molar-refractivity contribution in [2.75, 3.05) is 31.9 Å². The zero-order valence-electron chi connectivity index (χ0n) is 10.5. The first-order chi connectivity index (χ1) is 8.38. The molecule has 4 heteroatoms. The van der Waals surface area contributed by atoms with Gasteiger partial charge < -0.3 is 14.6 Å². The van der Waals surface area contributed by atoms with Crippen molar-refractivity contribution in [2.45, 2.75) is 25.1 Å². The fraction of sp³-hybridized carbons (Fsp3) is 0.692. The highest BCUT2D eigenvalue weighted by molar-refractivity contribution is 8.00. The van der Waals surface area contributed by atoms with Gasteiger partial charge in [-0.05, 0) is 18.6 Å². The van der Waals surface area contributed by atoms with Crippen LogP contribution in [0.5, 0.6) is 0 Å². The first-order valence-corrected chi connectivity index (χ1v) is 7.50. The minimum atomic E-state index is 0.840. The molecule has 1 fully saturated rings. The Labute approximate surface area is 108 Å². The molecule has 0 amide bonds. The highest BCUT2D eigenvalue weighted by atomic mass is 32.2. The van der Waals surface area contributed by atoms with Crippen molar-refractivity contribution in [1.29, 1.82) is 0 Å². The quantitative estimate of drug-likeness (QED) is 0.788. The minimum absolute atomic E-state index is 0.840. The van der Waals surface area contributed by atoms with Gasteiger partial charge >= 0.3 is 0 Å². The van der Waals surface area contributed by atoms with E-state index in [1.165, 1.54) is 25.3 Å². The monoisotopic (exact) mass is 254 g/mol. The molecular weight excluding hydrogens is 232 g/mol. The second kappa shape index (κ2) is 7.09. The van der Waals surface area contributed by atoms with Gasteiger partial charge in [-0.2, -0.15) is 11.8 Å². The van der Waals surface area contributed by atoms with E-state index in [-0.39, 0.29) is 0 Å². The normalized spacial score (nSPS) is 21.8. The van der Waals surface area contributed by atoms with E-state index >= 15 is 0 Å². The number of furan rings is 1. The van der Waals surface area contributed by atoms with Gasteiger partial charge in [-0.25, -0.2) is 0 Å². The first kappa shape index (κ1) is 13.0. The zero-order valence-corrected chi connectivity index (χ0v) is 11.3. The highest BCUT2D eigenvalue weighted by Gasteiger charge is 2.17. The molecule has 2 rings (SSSR count). The molecular formula is C13H22N2OS. The van der Waals surface area contributed by atoms with Gasteiger partial charge in [0, 0.05) is 37.2 Å². The van der Waals surface area contributed by atoms with Crippen molar-refractivity contribution >= 4 is 11.8 Å². The van der Waals surface area contributed by atoms with Crippen molar-refractivity contribution in [1.82, 2.24) is 10.2 Å². The van der Waals surface area contributed by atoms with Crippen LogP contribution in [-0.4, -0.2) is 42.1 Å². The molecule has 1 saturated heterocycles. The average molecular weight is 254 g/mol. The Morgan fingerprint density at radius 3 is 3.29 bits per heavy atom. The van der Waals surface area contributed by atoms with Gasteiger partial charge in [0.25, 0.3) is 0 Å². The summed E-state index contributed by atoms with van der Waals surface area (Å²) in [6.07, 6.45) is 3.02. The molecule has 1 atom stereocenters. The summed E-state index contributed by atoms with van der Waals surface area (Å²) in [5.41, 5.74) is 0. The Balaban J connectivity index is 1.58. The second-order valence-electron chi connectivity index (χ2n) is 4.46. The topological polar surface area (TPSA) is 28.4 Å². The maximum Gasteiger partial charge on any atom is 0.117 e. The molecule has 1 N–H and O–H groups in total. The Hall–Kier alpha value is -0.450. The Morgan fingerprint density at radius 2 is 2.53 bits per heavy atom. The standard InChI is InChI=1S/C13H22N2OS/c1-2-13-11-15(7-9-17-13)6-5-14-10-12-4-3-8-16-12/h3-4,8,13-14H,2,5-7,9-11H2,1H3. The molecule has 17 heavy (non-hydrogen) atoms. The van der Waals surface area contributed by atoms with Crippen molar-refractivity contribution in [3.8, 4) is 0 Å². The van der Waals surface area contributed by atoms with E-state index in [0.29, 0.717) is 0 Å². The molecule has 0 aliphatic carbocycles. The van der Waals surface area contributed by atoms with Gasteiger partial charge in [0.15, 0.2) is 0 Å². The third kappa shape index (κ3) is 4.37. The molecule has 1 aliphatic heterocycles. The maximum atomic E-state index is 5.28. The van der Waals surface area contributed by atoms with E-state index in [4.69, 9.17) is 4.42 Å². The molecule has 1 unspecified atom stereocenters. The van der Waals surface area contributed by atoms with Crippen LogP contribution in [0.1, 0.15) is 19.1 Å². The summed E-state index contributed by atoms with van der Waals surface area (Å²) in [6, 6.07) is 3.95. The molecule has 0 bridgehead atoms. The van der Waals surface area contributed by atoms with Crippen molar-refractivity contribution < 1.29 is 4.42 Å². The molecule has 3 nitrogen and oxygen atoms in total. The molecule has 0 saturated carbocycles. The SMILES string of the molecule is CCC1CN(CCNCc2ccco2)CCS1. The summed E-state index contributed by atoms with van der Waals surface area (Å²) >= 11 is 2.13. The summed E-state index contributed by atoms with van der Waals surface area (Å²) in [6.45, 7) is 7.82. The molecule has 0 aromatic carbocycles. The lowest BCUT2D eigenvalue weighted by Gasteiger charge is -2.31. The van der Waals surface area contributed by atoms with Crippen molar-refractivity contribution in [2.24, 2.45) is 0 Å². The highest BCUT2D eigenvalue weighted by Crippen LogP contribution is 2.20. The molecule has 0 radical (unpaired) electrons. The minimum Gasteiger partial charge on any atom is -0.468 e. The summed E-state index contributed by atoms with van der Waals surface area (Å²) in [4.78, 5) is 2.57. The van der Waals surface area contributed by atoms with Crippen molar-refractivity contribution in [3.05, 3.63) is 24.2 Å². The van der Waals surface area contributed by atoms with E-state index in [0.717, 1.165) is 30.6 Å². The van der Waals surface area contributed by atoms with Gasteiger partial charge in [-0.15, -0.1) is 0 Å². The third-order valence-electron chi connectivity index (χ3n) is 3.16. The Kier molecular flexibility index (Phi) is 5.42. The van der Waals surface area contributed by atoms with Crippen LogP contribution in [0.15, 0.2) is 22.8 Å². The van der Waals surface area contributed by atoms with Gasteiger partial charge in [0.2, 0.25) is 0 Å². The average Bonchev–Trinajstić information content (AvgIpc) is 2.88. The smallest absolute Gasteiger partial charge is 0.117 e. The van der Waals surface area contributed by atoms with E-state index in [1.54, 1.807) is 6.26 Å². The molecule has 1 aliphatic rings. The van der Waals surface area contributed by atoms with Crippen LogP contribution in [0.2, 0.25) is 0 Å². The van der Waals surface area contributed by atoms with E-state index in [2.05, 4.69) is 28.9 Å². The van der Waals surface area contributed by atoms with E-state index in [9.17, 15) is 0 Å². The fourth-order valence-electron chi connectivity index (χ4n) is 2.09. The van der Waals surface area contributed by atoms with Crippen LogP contribution in [-0.2, 0) is 6.54 Å². The lowest BCUT2D eigenvalue weighted by molar-refractivity contribution is 0.279. The molecule has 1 aromatic rings. The van der Waals surface area contributed by atoms with E-state index in [1.807, 2.05) is 12.1 Å². The lowest BCUT2D eigenvalue weighted by atomic mass is 10.3. The lowest BCUT2D eigenvalue weighted by Crippen LogP contribution is -2.41. The predicted octanol–water partition coefficient (Wildman–Crippen LogP) is 2.20. The van der Waals surface area contributed by atoms with E-state index < -0.39 is 0 Å². The van der Waals surface area contributed by atoms with Gasteiger partial charge in [0.1, 0.15) is 5.76 Å². The zero-order chi connectivity index (χ0) is 11.9. The molecule has 96 valence electrons. The van der Waals surface area contributed by atoms with Crippen LogP contribution >= 0.6 is 11.8 Å². The summed E-state index contributed by atoms with van der Waals surface area (Å²) in [5.74, 6) is 2.31. The molecule has 1 aromatic heterocycles. The number of hydrogen-bond donors (Lipinski definition) is 1. The second-order valence-corrected chi connectivity index (χ2v) is 5.87. The third-order valence-corrected chi connectivity index (χ3v) is 4.53. The maximum absolute atomic E-state index is 5.28. The number of nitrogens with one attached hydrogen (secondary N) is 1. The molecule has 0 spiro atoms. The summed E-state index contributed by atoms with van der Waals surface area (Å²) < 4.78 is 5.28. The van der Waals surface area contributed by atoms with Crippen molar-refractivity contribution in [3.63, 3.8) is 0 Å². The Morgan fingerprint density at radius 1 is 1.59 bits per heavy atom. The van der Waals surface area contributed by atoms with Crippen LogP contribution in [0.4, 0.5) is 0 Å². The first-order valence-electron chi connectivity index (χ1n) is 6.45. The predicted molar refractivity (Wildman–Crippen MR) is 73.4 cm³/mol. The van der Waals surface area contributed by atoms with Gasteiger partial charge in [0.05, 0.1) is 12.8 Å². The van der Waals surface area contributed by atoms with Crippen LogP contribution in [0.3, 0.4) is 0 Å². The fourth-order valence-corrected chi connectivity index (χ4v) is 3.34. The van der Waals surface area contributed by atoms with Gasteiger partial charge in [-0.1, -0.05) is 6.92 Å². The van der Waals surface area contributed by atoms with Gasteiger partial charge in [-0.3, -0.25) is 0 Å². The number of nitrogens with zero attached hydrogens (tertiary/aromatic N) is 1. The summed E-state index contributed by atoms with van der Waals surface area (Å²) in [7, 11) is 0. The van der Waals surface area contributed by atoms with Crippen LogP contribution in [0.25, 0.3) is 0 Å². The largest absolute Gasteiger partial charge is 0.468 e. The number of thioether (sulfide) groups is 1. The van der Waals surface area contributed by atoms with Crippen LogP contribution in [0, 0.1) is 0 Å². The number of rotatable bonds is 6. The molecule has 2 heterocycles. The van der Waals surface area contributed by atoms with Crippen LogP contribution < -0.4 is 5.32 Å².